The van der Waals surface area contributed by atoms with Gasteiger partial charge >= 0.3 is 0 Å². The van der Waals surface area contributed by atoms with Crippen LogP contribution in [0.2, 0.25) is 0 Å². The smallest absolute Gasteiger partial charge is 0.264 e. The third-order valence-electron chi connectivity index (χ3n) is 4.66. The average molecular weight is 420 g/mol. The Bertz CT molecular complexity index is 1290. The molecule has 9 heteroatoms. The molecule has 0 saturated heterocycles. The van der Waals surface area contributed by atoms with Crippen molar-refractivity contribution < 1.29 is 17.6 Å². The summed E-state index contributed by atoms with van der Waals surface area (Å²) in [6.45, 7) is 0.387. The van der Waals surface area contributed by atoms with E-state index >= 15 is 0 Å². The van der Waals surface area contributed by atoms with Crippen molar-refractivity contribution in [1.82, 2.24) is 15.2 Å². The van der Waals surface area contributed by atoms with Crippen LogP contribution in [0.25, 0.3) is 22.9 Å². The molecule has 30 heavy (non-hydrogen) atoms. The van der Waals surface area contributed by atoms with E-state index in [9.17, 15) is 8.42 Å². The molecule has 3 heterocycles. The van der Waals surface area contributed by atoms with Crippen LogP contribution in [-0.4, -0.2) is 36.8 Å². The Morgan fingerprint density at radius 3 is 2.27 bits per heavy atom. The molecule has 0 spiro atoms. The average Bonchev–Trinajstić information content (AvgIpc) is 3.30. The molecule has 0 amide bonds. The Morgan fingerprint density at radius 1 is 0.867 bits per heavy atom. The summed E-state index contributed by atoms with van der Waals surface area (Å²) in [7, 11) is -3.77. The van der Waals surface area contributed by atoms with E-state index < -0.39 is 10.0 Å². The summed E-state index contributed by atoms with van der Waals surface area (Å²) in [5.74, 6) is 0.854. The minimum Gasteiger partial charge on any atom is -0.474 e. The minimum absolute atomic E-state index is 0.175. The Morgan fingerprint density at radius 2 is 1.53 bits per heavy atom. The molecule has 150 valence electrons. The molecule has 0 saturated carbocycles. The first-order chi connectivity index (χ1) is 14.6. The largest absolute Gasteiger partial charge is 0.474 e. The molecule has 0 atom stereocenters. The summed E-state index contributed by atoms with van der Waals surface area (Å²) in [5.41, 5.74) is 1.63. The first kappa shape index (κ1) is 18.3. The molecule has 8 nitrogen and oxygen atoms in total. The van der Waals surface area contributed by atoms with Gasteiger partial charge in [0.2, 0.25) is 17.7 Å². The number of fused-ring (bicyclic) bond motifs is 1. The zero-order chi connectivity index (χ0) is 20.6. The summed E-state index contributed by atoms with van der Waals surface area (Å²) < 4.78 is 39.0. The molecular weight excluding hydrogens is 404 g/mol. The molecule has 5 rings (SSSR count). The Balaban J connectivity index is 1.55. The van der Waals surface area contributed by atoms with Crippen LogP contribution >= 0.6 is 0 Å². The lowest BCUT2D eigenvalue weighted by Gasteiger charge is -2.29. The monoisotopic (exact) mass is 420 g/mol. The third kappa shape index (κ3) is 3.18. The molecule has 2 aromatic carbocycles. The van der Waals surface area contributed by atoms with Crippen LogP contribution in [0.4, 0.5) is 5.69 Å². The van der Waals surface area contributed by atoms with Gasteiger partial charge in [0.1, 0.15) is 12.3 Å². The van der Waals surface area contributed by atoms with Crippen LogP contribution in [0.5, 0.6) is 5.88 Å². The van der Waals surface area contributed by atoms with Crippen molar-refractivity contribution in [1.29, 1.82) is 0 Å². The topological polar surface area (TPSA) is 98.4 Å². The van der Waals surface area contributed by atoms with Crippen molar-refractivity contribution >= 4 is 15.7 Å². The maximum Gasteiger partial charge on any atom is 0.264 e. The van der Waals surface area contributed by atoms with E-state index in [4.69, 9.17) is 9.15 Å². The third-order valence-corrected chi connectivity index (χ3v) is 6.49. The van der Waals surface area contributed by atoms with Crippen LogP contribution in [0.3, 0.4) is 0 Å². The van der Waals surface area contributed by atoms with Crippen molar-refractivity contribution in [3.8, 4) is 28.8 Å². The molecule has 0 aliphatic carbocycles. The van der Waals surface area contributed by atoms with E-state index in [1.807, 2.05) is 30.3 Å². The highest BCUT2D eigenvalue weighted by Crippen LogP contribution is 2.36. The molecule has 4 aromatic rings. The Hall–Kier alpha value is -3.72. The van der Waals surface area contributed by atoms with Crippen molar-refractivity contribution in [3.63, 3.8) is 0 Å². The predicted molar refractivity (Wildman–Crippen MR) is 109 cm³/mol. The molecule has 0 N–H and O–H groups in total. The van der Waals surface area contributed by atoms with Gasteiger partial charge in [-0.15, -0.1) is 10.2 Å². The zero-order valence-electron chi connectivity index (χ0n) is 15.7. The molecule has 0 bridgehead atoms. The fraction of sp³-hybridized carbons (Fsp3) is 0.0952. The molecule has 0 radical (unpaired) electrons. The van der Waals surface area contributed by atoms with E-state index in [1.165, 1.54) is 10.5 Å². The quantitative estimate of drug-likeness (QED) is 0.499. The Kier molecular flexibility index (Phi) is 4.44. The fourth-order valence-electron chi connectivity index (χ4n) is 3.20. The summed E-state index contributed by atoms with van der Waals surface area (Å²) in [6, 6.07) is 19.3. The highest BCUT2D eigenvalue weighted by Gasteiger charge is 2.31. The van der Waals surface area contributed by atoms with E-state index in [0.29, 0.717) is 17.1 Å². The first-order valence-electron chi connectivity index (χ1n) is 9.23. The highest BCUT2D eigenvalue weighted by atomic mass is 32.2. The number of anilines is 1. The highest BCUT2D eigenvalue weighted by molar-refractivity contribution is 7.92. The number of ether oxygens (including phenoxy) is 1. The predicted octanol–water partition coefficient (Wildman–Crippen LogP) is 3.39. The summed E-state index contributed by atoms with van der Waals surface area (Å²) in [5, 5.41) is 8.17. The number of hydrogen-bond donors (Lipinski definition) is 0. The zero-order valence-corrected chi connectivity index (χ0v) is 16.5. The molecule has 0 unspecified atom stereocenters. The lowest BCUT2D eigenvalue weighted by atomic mass is 10.2. The number of hydrogen-bond acceptors (Lipinski definition) is 7. The molecule has 1 aliphatic heterocycles. The lowest BCUT2D eigenvalue weighted by Crippen LogP contribution is -2.38. The second kappa shape index (κ2) is 7.27. The van der Waals surface area contributed by atoms with Crippen LogP contribution in [0.15, 0.2) is 82.2 Å². The molecule has 2 aromatic heterocycles. The van der Waals surface area contributed by atoms with E-state index in [0.717, 1.165) is 5.56 Å². The Labute approximate surface area is 172 Å². The number of rotatable bonds is 4. The van der Waals surface area contributed by atoms with Crippen molar-refractivity contribution in [2.45, 2.75) is 4.90 Å². The van der Waals surface area contributed by atoms with E-state index in [-0.39, 0.29) is 29.8 Å². The van der Waals surface area contributed by atoms with Gasteiger partial charge < -0.3 is 9.15 Å². The van der Waals surface area contributed by atoms with Crippen LogP contribution < -0.4 is 9.04 Å². The van der Waals surface area contributed by atoms with Gasteiger partial charge in [-0.1, -0.05) is 36.4 Å². The van der Waals surface area contributed by atoms with Gasteiger partial charge in [0, 0.05) is 11.8 Å². The van der Waals surface area contributed by atoms with Gasteiger partial charge in [0.25, 0.3) is 10.0 Å². The normalized spacial score (nSPS) is 13.5. The number of benzene rings is 2. The number of pyridine rings is 1. The van der Waals surface area contributed by atoms with Gasteiger partial charge in [0.05, 0.1) is 17.0 Å². The van der Waals surface area contributed by atoms with Crippen LogP contribution in [0, 0.1) is 0 Å². The number of sulfonamides is 1. The van der Waals surface area contributed by atoms with Gasteiger partial charge in [-0.2, -0.15) is 0 Å². The number of nitrogens with zero attached hydrogens (tertiary/aromatic N) is 4. The van der Waals surface area contributed by atoms with E-state index in [1.54, 1.807) is 36.4 Å². The first-order valence-corrected chi connectivity index (χ1v) is 10.7. The van der Waals surface area contributed by atoms with Crippen molar-refractivity contribution in [3.05, 3.63) is 72.9 Å². The SMILES string of the molecule is O=S(=O)(c1ccccc1)N1CCOc2ncc(-c3nnc(-c4ccccc4)o3)cc21. The van der Waals surface area contributed by atoms with Crippen LogP contribution in [0.1, 0.15) is 0 Å². The maximum absolute atomic E-state index is 13.2. The van der Waals surface area contributed by atoms with Crippen molar-refractivity contribution in [2.75, 3.05) is 17.5 Å². The molecular formula is C21H16N4O4S. The standard InChI is InChI=1S/C21H16N4O4S/c26-30(27,17-9-5-2-6-10-17)25-11-12-28-21-18(25)13-16(14-22-21)20-24-23-19(29-20)15-7-3-1-4-8-15/h1-10,13-14H,11-12H2. The number of aromatic nitrogens is 3. The van der Waals surface area contributed by atoms with Crippen molar-refractivity contribution in [2.24, 2.45) is 0 Å². The second-order valence-corrected chi connectivity index (χ2v) is 8.43. The summed E-state index contributed by atoms with van der Waals surface area (Å²) in [4.78, 5) is 4.48. The van der Waals surface area contributed by atoms with Gasteiger partial charge in [-0.3, -0.25) is 4.31 Å². The minimum atomic E-state index is -3.77. The summed E-state index contributed by atoms with van der Waals surface area (Å²) in [6.07, 6.45) is 1.53. The van der Waals surface area contributed by atoms with Crippen LogP contribution in [-0.2, 0) is 10.0 Å². The summed E-state index contributed by atoms with van der Waals surface area (Å²) >= 11 is 0. The van der Waals surface area contributed by atoms with Gasteiger partial charge in [-0.05, 0) is 30.3 Å². The van der Waals surface area contributed by atoms with Gasteiger partial charge in [0.15, 0.2) is 0 Å². The maximum atomic E-state index is 13.2. The molecule has 1 aliphatic rings. The van der Waals surface area contributed by atoms with Gasteiger partial charge in [-0.25, -0.2) is 13.4 Å². The van der Waals surface area contributed by atoms with E-state index in [2.05, 4.69) is 15.2 Å². The fourth-order valence-corrected chi connectivity index (χ4v) is 4.66. The molecule has 0 fully saturated rings. The lowest BCUT2D eigenvalue weighted by molar-refractivity contribution is 0.303. The second-order valence-electron chi connectivity index (χ2n) is 6.57.